The maximum absolute atomic E-state index is 12.7. The summed E-state index contributed by atoms with van der Waals surface area (Å²) in [6.45, 7) is 4.74. The fourth-order valence-electron chi connectivity index (χ4n) is 4.04. The first-order valence-electron chi connectivity index (χ1n) is 11.5. The summed E-state index contributed by atoms with van der Waals surface area (Å²) in [5, 5.41) is 10.5. The molecule has 0 saturated carbocycles. The van der Waals surface area contributed by atoms with E-state index >= 15 is 0 Å². The van der Waals surface area contributed by atoms with Crippen LogP contribution < -0.4 is 10.2 Å². The van der Waals surface area contributed by atoms with E-state index in [1.165, 1.54) is 16.0 Å². The molecule has 0 spiro atoms. The number of nitrogens with zero attached hydrogens (tertiary/aromatic N) is 5. The molecule has 0 bridgehead atoms. The number of piperidine rings is 1. The van der Waals surface area contributed by atoms with E-state index in [4.69, 9.17) is 4.74 Å². The molecule has 3 aromatic rings. The lowest BCUT2D eigenvalue weighted by Gasteiger charge is -2.31. The van der Waals surface area contributed by atoms with Gasteiger partial charge in [-0.3, -0.25) is 19.8 Å². The number of aryl methyl sites for hydroxylation is 2. The van der Waals surface area contributed by atoms with Crippen LogP contribution in [0.5, 0.6) is 5.75 Å². The van der Waals surface area contributed by atoms with Crippen LogP contribution in [-0.2, 0) is 4.79 Å². The van der Waals surface area contributed by atoms with Crippen molar-refractivity contribution in [1.29, 1.82) is 0 Å². The van der Waals surface area contributed by atoms with E-state index in [-0.39, 0.29) is 36.4 Å². The van der Waals surface area contributed by atoms with Crippen molar-refractivity contribution in [3.05, 3.63) is 57.6 Å². The van der Waals surface area contributed by atoms with E-state index in [0.29, 0.717) is 41.7 Å². The summed E-state index contributed by atoms with van der Waals surface area (Å²) in [6, 6.07) is 6.91. The molecule has 0 aliphatic carbocycles. The van der Waals surface area contributed by atoms with Gasteiger partial charge in [0.1, 0.15) is 23.1 Å². The second-order valence-electron chi connectivity index (χ2n) is 8.45. The lowest BCUT2D eigenvalue weighted by atomic mass is 9.97. The molecule has 1 aliphatic heterocycles. The number of hydrogen-bond donors (Lipinski definition) is 1. The third-order valence-corrected chi connectivity index (χ3v) is 7.14. The van der Waals surface area contributed by atoms with Crippen LogP contribution in [-0.4, -0.2) is 62.6 Å². The van der Waals surface area contributed by atoms with Crippen molar-refractivity contribution in [2.75, 3.05) is 25.6 Å². The number of aromatic nitrogens is 4. The van der Waals surface area contributed by atoms with Crippen LogP contribution in [0.15, 0.2) is 29.6 Å². The largest absolute Gasteiger partial charge is 0.497 e. The summed E-state index contributed by atoms with van der Waals surface area (Å²) in [5.41, 5.74) is 3.70. The Hall–Kier alpha value is -3.60. The van der Waals surface area contributed by atoms with Gasteiger partial charge in [0, 0.05) is 42.8 Å². The van der Waals surface area contributed by atoms with Crippen LogP contribution in [0.4, 0.5) is 0 Å². The fraction of sp³-hybridized carbons (Fsp3) is 0.417. The number of rotatable bonds is 8. The summed E-state index contributed by atoms with van der Waals surface area (Å²) in [6.07, 6.45) is 1.92. The molecule has 1 aliphatic rings. The Kier molecular flexibility index (Phi) is 7.54. The zero-order valence-corrected chi connectivity index (χ0v) is 20.8. The Balaban J connectivity index is 1.25. The highest BCUT2D eigenvalue weighted by Gasteiger charge is 2.27. The monoisotopic (exact) mass is 496 g/mol. The Morgan fingerprint density at radius 1 is 1.06 bits per heavy atom. The van der Waals surface area contributed by atoms with Gasteiger partial charge in [-0.25, -0.2) is 9.66 Å². The van der Waals surface area contributed by atoms with Crippen molar-refractivity contribution >= 4 is 28.9 Å². The van der Waals surface area contributed by atoms with Crippen LogP contribution in [0.2, 0.25) is 0 Å². The number of hydrogen-bond acceptors (Lipinski definition) is 8. The van der Waals surface area contributed by atoms with Crippen LogP contribution in [0, 0.1) is 13.8 Å². The van der Waals surface area contributed by atoms with Gasteiger partial charge in [0.05, 0.1) is 12.1 Å². The summed E-state index contributed by atoms with van der Waals surface area (Å²) >= 11 is 1.46. The first-order chi connectivity index (χ1) is 16.9. The van der Waals surface area contributed by atoms with Gasteiger partial charge in [-0.15, -0.1) is 21.5 Å². The molecule has 0 unspecified atom stereocenters. The molecular formula is C24H28N6O4S. The van der Waals surface area contributed by atoms with Gasteiger partial charge in [-0.05, 0) is 51.0 Å². The van der Waals surface area contributed by atoms with E-state index in [1.807, 2.05) is 4.90 Å². The highest BCUT2D eigenvalue weighted by Crippen LogP contribution is 2.30. The highest BCUT2D eigenvalue weighted by molar-refractivity contribution is 7.09. The molecule has 1 N–H and O–H groups in total. The van der Waals surface area contributed by atoms with Gasteiger partial charge >= 0.3 is 0 Å². The fourth-order valence-corrected chi connectivity index (χ4v) is 5.02. The number of Topliss-reactive ketones (excluding diaryl/α,β-unsaturated/α-hetero) is 1. The topological polar surface area (TPSA) is 119 Å². The number of ether oxygens (including phenoxy) is 1. The van der Waals surface area contributed by atoms with Gasteiger partial charge in [-0.1, -0.05) is 0 Å². The first-order valence-corrected chi connectivity index (χ1v) is 12.3. The van der Waals surface area contributed by atoms with E-state index in [9.17, 15) is 14.4 Å². The number of nitrogens with one attached hydrogen (secondary N) is 1. The van der Waals surface area contributed by atoms with Gasteiger partial charge in [-0.2, -0.15) is 0 Å². The predicted octanol–water partition coefficient (Wildman–Crippen LogP) is 3.11. The molecule has 184 valence electrons. The van der Waals surface area contributed by atoms with Gasteiger partial charge < -0.3 is 9.64 Å². The van der Waals surface area contributed by atoms with Crippen molar-refractivity contribution < 1.29 is 19.1 Å². The molecule has 10 nitrogen and oxygen atoms in total. The van der Waals surface area contributed by atoms with Crippen molar-refractivity contribution in [2.24, 2.45) is 0 Å². The minimum absolute atomic E-state index is 0.0100. The van der Waals surface area contributed by atoms with Crippen LogP contribution in [0.25, 0.3) is 0 Å². The van der Waals surface area contributed by atoms with Gasteiger partial charge in [0.2, 0.25) is 5.91 Å². The smallest absolute Gasteiger partial charge is 0.289 e. The number of carbonyl (C=O) groups is 3. The standard InChI is InChI=1S/C24H28N6O4S/c1-15-26-27-16(2)30(15)28-23(33)20-14-35-24(25-20)18-10-12-29(13-11-18)22(32)9-8-21(31)17-4-6-19(34-3)7-5-17/h4-7,14,18H,8-13H2,1-3H3,(H,28,33). The van der Waals surface area contributed by atoms with Crippen molar-refractivity contribution in [2.45, 2.75) is 45.4 Å². The first kappa shape index (κ1) is 24.5. The summed E-state index contributed by atoms with van der Waals surface area (Å²) < 4.78 is 6.64. The second-order valence-corrected chi connectivity index (χ2v) is 9.34. The van der Waals surface area contributed by atoms with Crippen molar-refractivity contribution in [3.8, 4) is 5.75 Å². The Morgan fingerprint density at radius 2 is 1.71 bits per heavy atom. The molecule has 0 radical (unpaired) electrons. The third-order valence-electron chi connectivity index (χ3n) is 6.13. The van der Waals surface area contributed by atoms with Crippen LogP contribution in [0.1, 0.15) is 69.1 Å². The third kappa shape index (κ3) is 5.73. The average molecular weight is 497 g/mol. The van der Waals surface area contributed by atoms with E-state index < -0.39 is 0 Å². The quantitative estimate of drug-likeness (QED) is 0.476. The molecule has 2 aromatic heterocycles. The Morgan fingerprint density at radius 3 is 2.34 bits per heavy atom. The zero-order chi connectivity index (χ0) is 24.9. The normalized spacial score (nSPS) is 14.1. The molecular weight excluding hydrogens is 468 g/mol. The van der Waals surface area contributed by atoms with E-state index in [2.05, 4.69) is 20.6 Å². The van der Waals surface area contributed by atoms with Gasteiger partial charge in [0.25, 0.3) is 5.91 Å². The summed E-state index contributed by atoms with van der Waals surface area (Å²) in [5.74, 6) is 1.69. The van der Waals surface area contributed by atoms with Gasteiger partial charge in [0.15, 0.2) is 5.78 Å². The summed E-state index contributed by atoms with van der Waals surface area (Å²) in [7, 11) is 1.57. The number of amides is 2. The predicted molar refractivity (Wildman–Crippen MR) is 130 cm³/mol. The molecule has 1 fully saturated rings. The number of carbonyl (C=O) groups excluding carboxylic acids is 3. The Bertz CT molecular complexity index is 1190. The molecule has 4 rings (SSSR count). The maximum atomic E-state index is 12.7. The second kappa shape index (κ2) is 10.8. The zero-order valence-electron chi connectivity index (χ0n) is 20.0. The van der Waals surface area contributed by atoms with Crippen molar-refractivity contribution in [3.63, 3.8) is 0 Å². The molecule has 0 atom stereocenters. The number of benzene rings is 1. The number of likely N-dealkylation sites (tertiary alicyclic amines) is 1. The lowest BCUT2D eigenvalue weighted by Crippen LogP contribution is -2.38. The maximum Gasteiger partial charge on any atom is 0.289 e. The van der Waals surface area contributed by atoms with E-state index in [1.54, 1.807) is 50.6 Å². The SMILES string of the molecule is COc1ccc(C(=O)CCC(=O)N2CCC(c3nc(C(=O)Nn4c(C)nnc4C)cs3)CC2)cc1. The van der Waals surface area contributed by atoms with E-state index in [0.717, 1.165) is 17.8 Å². The minimum atomic E-state index is -0.312. The molecule has 1 saturated heterocycles. The number of ketones is 1. The summed E-state index contributed by atoms with van der Waals surface area (Å²) in [4.78, 5) is 44.0. The minimum Gasteiger partial charge on any atom is -0.497 e. The molecule has 11 heteroatoms. The molecule has 3 heterocycles. The molecule has 1 aromatic carbocycles. The Labute approximate surface area is 207 Å². The average Bonchev–Trinajstić information content (AvgIpc) is 3.50. The highest BCUT2D eigenvalue weighted by atomic mass is 32.1. The molecule has 35 heavy (non-hydrogen) atoms. The van der Waals surface area contributed by atoms with Crippen LogP contribution >= 0.6 is 11.3 Å². The number of thiazole rings is 1. The van der Waals surface area contributed by atoms with Crippen molar-refractivity contribution in [1.82, 2.24) is 24.8 Å². The molecule has 2 amide bonds. The van der Waals surface area contributed by atoms with Crippen LogP contribution in [0.3, 0.4) is 0 Å². The number of methoxy groups -OCH3 is 1. The lowest BCUT2D eigenvalue weighted by molar-refractivity contribution is -0.132.